The minimum absolute atomic E-state index is 0.0337. The van der Waals surface area contributed by atoms with Gasteiger partial charge in [-0.15, -0.1) is 11.8 Å². The van der Waals surface area contributed by atoms with Gasteiger partial charge in [0.25, 0.3) is 5.91 Å². The van der Waals surface area contributed by atoms with Gasteiger partial charge in [-0.3, -0.25) is 15.0 Å². The Balaban J connectivity index is 2.14. The van der Waals surface area contributed by atoms with Gasteiger partial charge < -0.3 is 10.4 Å². The summed E-state index contributed by atoms with van der Waals surface area (Å²) >= 11 is 1.22. The topological polar surface area (TPSA) is 98.7 Å². The Kier molecular flexibility index (Phi) is 5.62. The Bertz CT molecular complexity index is 596. The summed E-state index contributed by atoms with van der Waals surface area (Å²) in [5.41, 5.74) is 1.84. The van der Waals surface area contributed by atoms with Crippen LogP contribution in [0.15, 0.2) is 30.3 Å². The predicted molar refractivity (Wildman–Crippen MR) is 86.3 cm³/mol. The maximum Gasteiger partial charge on any atom is 0.344 e. The van der Waals surface area contributed by atoms with Crippen LogP contribution in [-0.4, -0.2) is 46.1 Å². The number of nitrogens with zero attached hydrogens (tertiary/aromatic N) is 1. The maximum absolute atomic E-state index is 12.7. The zero-order valence-corrected chi connectivity index (χ0v) is 13.6. The summed E-state index contributed by atoms with van der Waals surface area (Å²) in [4.78, 5) is 36.7. The third-order valence-electron chi connectivity index (χ3n) is 3.59. The Labute approximate surface area is 138 Å². The van der Waals surface area contributed by atoms with Crippen LogP contribution in [0, 0.1) is 0 Å². The first kappa shape index (κ1) is 17.3. The van der Waals surface area contributed by atoms with Crippen molar-refractivity contribution in [3.63, 3.8) is 0 Å². The van der Waals surface area contributed by atoms with Gasteiger partial charge in [0.1, 0.15) is 5.54 Å². The van der Waals surface area contributed by atoms with E-state index >= 15 is 0 Å². The number of nitrogens with one attached hydrogen (secondary N) is 2. The van der Waals surface area contributed by atoms with Gasteiger partial charge >= 0.3 is 6.03 Å². The number of amides is 4. The van der Waals surface area contributed by atoms with Crippen molar-refractivity contribution in [2.24, 2.45) is 0 Å². The number of hydrogen-bond donors (Lipinski definition) is 3. The zero-order valence-electron chi connectivity index (χ0n) is 12.7. The minimum Gasteiger partial charge on any atom is -0.396 e. The van der Waals surface area contributed by atoms with Crippen LogP contribution in [0.5, 0.6) is 0 Å². The summed E-state index contributed by atoms with van der Waals surface area (Å²) in [5.74, 6) is -0.498. The van der Waals surface area contributed by atoms with Gasteiger partial charge in [-0.2, -0.15) is 5.01 Å². The van der Waals surface area contributed by atoms with Gasteiger partial charge in [-0.05, 0) is 12.0 Å². The van der Waals surface area contributed by atoms with E-state index in [1.54, 1.807) is 31.2 Å². The first-order chi connectivity index (χ1) is 11.0. The van der Waals surface area contributed by atoms with Crippen LogP contribution in [0.25, 0.3) is 0 Å². The van der Waals surface area contributed by atoms with Crippen LogP contribution in [0.4, 0.5) is 4.79 Å². The van der Waals surface area contributed by atoms with Crippen molar-refractivity contribution >= 4 is 29.6 Å². The summed E-state index contributed by atoms with van der Waals surface area (Å²) in [6.07, 6.45) is 0.368. The molecule has 0 spiro atoms. The van der Waals surface area contributed by atoms with E-state index < -0.39 is 23.4 Å². The van der Waals surface area contributed by atoms with Crippen LogP contribution in [-0.2, 0) is 15.1 Å². The fraction of sp³-hybridized carbons (Fsp3) is 0.400. The molecule has 3 N–H and O–H groups in total. The Morgan fingerprint density at radius 2 is 2.04 bits per heavy atom. The largest absolute Gasteiger partial charge is 0.396 e. The number of carbonyl (C=O) groups excluding carboxylic acids is 3. The molecule has 8 heteroatoms. The average molecular weight is 337 g/mol. The third-order valence-corrected chi connectivity index (χ3v) is 4.53. The Morgan fingerprint density at radius 3 is 2.65 bits per heavy atom. The van der Waals surface area contributed by atoms with Gasteiger partial charge in [-0.25, -0.2) is 4.79 Å². The van der Waals surface area contributed by atoms with Crippen molar-refractivity contribution < 1.29 is 19.5 Å². The monoisotopic (exact) mass is 337 g/mol. The molecule has 1 aliphatic heterocycles. The molecule has 0 saturated carbocycles. The highest BCUT2D eigenvalue weighted by atomic mass is 32.2. The number of benzene rings is 1. The molecule has 0 unspecified atom stereocenters. The van der Waals surface area contributed by atoms with Crippen LogP contribution in [0.2, 0.25) is 0 Å². The summed E-state index contributed by atoms with van der Waals surface area (Å²) in [6, 6.07) is 8.29. The molecular formula is C15H19N3O4S. The van der Waals surface area contributed by atoms with E-state index in [1.807, 2.05) is 6.07 Å². The summed E-state index contributed by atoms with van der Waals surface area (Å²) < 4.78 is 0. The number of aliphatic hydroxyl groups is 1. The number of hydrogen-bond acceptors (Lipinski definition) is 5. The lowest BCUT2D eigenvalue weighted by Crippen LogP contribution is -2.49. The van der Waals surface area contributed by atoms with E-state index in [1.165, 1.54) is 11.8 Å². The molecule has 1 aromatic carbocycles. The standard InChI is InChI=1S/C15H19N3O4S/c1-2-15(11-6-4-3-5-7-11)13(21)18(14(22)16-15)17-12(20)10-23-9-8-19/h3-7,19H,2,8-10H2,1H3,(H,16,22)(H,17,20)/t15-/m1/s1. The zero-order chi connectivity index (χ0) is 16.9. The molecule has 2 rings (SSSR count). The van der Waals surface area contributed by atoms with Crippen LogP contribution in [0.1, 0.15) is 18.9 Å². The number of rotatable bonds is 7. The summed E-state index contributed by atoms with van der Waals surface area (Å²) in [5, 5.41) is 12.1. The van der Waals surface area contributed by atoms with E-state index in [2.05, 4.69) is 10.7 Å². The SMILES string of the molecule is CC[C@]1(c2ccccc2)NC(=O)N(NC(=O)CSCCO)C1=O. The lowest BCUT2D eigenvalue weighted by molar-refractivity contribution is -0.138. The normalized spacial score (nSPS) is 20.5. The van der Waals surface area contributed by atoms with Crippen molar-refractivity contribution in [3.8, 4) is 0 Å². The molecule has 1 heterocycles. The Morgan fingerprint density at radius 1 is 1.35 bits per heavy atom. The van der Waals surface area contributed by atoms with E-state index in [9.17, 15) is 14.4 Å². The number of urea groups is 1. The lowest BCUT2D eigenvalue weighted by Gasteiger charge is -2.25. The minimum atomic E-state index is -1.16. The molecule has 124 valence electrons. The number of hydrazine groups is 1. The van der Waals surface area contributed by atoms with Gasteiger partial charge in [-0.1, -0.05) is 37.3 Å². The molecule has 23 heavy (non-hydrogen) atoms. The number of thioether (sulfide) groups is 1. The van der Waals surface area contributed by atoms with Crippen molar-refractivity contribution in [2.45, 2.75) is 18.9 Å². The smallest absolute Gasteiger partial charge is 0.344 e. The second kappa shape index (κ2) is 7.47. The highest BCUT2D eigenvalue weighted by Crippen LogP contribution is 2.31. The number of carbonyl (C=O) groups is 3. The quantitative estimate of drug-likeness (QED) is 0.500. The average Bonchev–Trinajstić information content (AvgIpc) is 2.81. The predicted octanol–water partition coefficient (Wildman–Crippen LogP) is 0.600. The first-order valence-electron chi connectivity index (χ1n) is 7.25. The maximum atomic E-state index is 12.7. The highest BCUT2D eigenvalue weighted by molar-refractivity contribution is 7.99. The molecule has 1 fully saturated rings. The van der Waals surface area contributed by atoms with Crippen LogP contribution >= 0.6 is 11.8 Å². The van der Waals surface area contributed by atoms with Crippen molar-refractivity contribution in [1.29, 1.82) is 0 Å². The summed E-state index contributed by atoms with van der Waals surface area (Å²) in [6.45, 7) is 1.77. The molecule has 4 amide bonds. The van der Waals surface area contributed by atoms with Gasteiger partial charge in [0, 0.05) is 5.75 Å². The third kappa shape index (κ3) is 3.48. The molecule has 0 aromatic heterocycles. The van der Waals surface area contributed by atoms with E-state index in [0.717, 1.165) is 5.01 Å². The summed E-state index contributed by atoms with van der Waals surface area (Å²) in [7, 11) is 0. The molecule has 0 aliphatic carbocycles. The van der Waals surface area contributed by atoms with Gasteiger partial charge in [0.15, 0.2) is 0 Å². The van der Waals surface area contributed by atoms with Crippen LogP contribution < -0.4 is 10.7 Å². The van der Waals surface area contributed by atoms with Crippen LogP contribution in [0.3, 0.4) is 0 Å². The fourth-order valence-corrected chi connectivity index (χ4v) is 2.95. The molecule has 1 atom stereocenters. The second-order valence-corrected chi connectivity index (χ2v) is 6.11. The molecule has 0 radical (unpaired) electrons. The Hall–Kier alpha value is -2.06. The molecular weight excluding hydrogens is 318 g/mol. The second-order valence-electron chi connectivity index (χ2n) is 5.01. The van der Waals surface area contributed by atoms with Gasteiger partial charge in [0.05, 0.1) is 12.4 Å². The molecule has 1 aromatic rings. The van der Waals surface area contributed by atoms with E-state index in [-0.39, 0.29) is 12.4 Å². The molecule has 0 bridgehead atoms. The molecule has 1 aliphatic rings. The van der Waals surface area contributed by atoms with E-state index in [4.69, 9.17) is 5.11 Å². The first-order valence-corrected chi connectivity index (χ1v) is 8.41. The van der Waals surface area contributed by atoms with Gasteiger partial charge in [0.2, 0.25) is 5.91 Å². The van der Waals surface area contributed by atoms with Crippen molar-refractivity contribution in [2.75, 3.05) is 18.1 Å². The highest BCUT2D eigenvalue weighted by Gasteiger charge is 2.52. The van der Waals surface area contributed by atoms with Crippen molar-refractivity contribution in [1.82, 2.24) is 15.8 Å². The molecule has 7 nitrogen and oxygen atoms in total. The lowest BCUT2D eigenvalue weighted by atomic mass is 9.87. The van der Waals surface area contributed by atoms with Crippen molar-refractivity contribution in [3.05, 3.63) is 35.9 Å². The van der Waals surface area contributed by atoms with E-state index in [0.29, 0.717) is 17.7 Å². The number of aliphatic hydroxyl groups excluding tert-OH is 1. The fourth-order valence-electron chi connectivity index (χ4n) is 2.42. The molecule has 1 saturated heterocycles. The number of imide groups is 1.